The van der Waals surface area contributed by atoms with Gasteiger partial charge in [-0.25, -0.2) is 9.36 Å². The summed E-state index contributed by atoms with van der Waals surface area (Å²) in [6.45, 7) is 0. The van der Waals surface area contributed by atoms with E-state index < -0.39 is 0 Å². The molecule has 7 heteroatoms. The van der Waals surface area contributed by atoms with Crippen molar-refractivity contribution >= 4 is 5.97 Å². The minimum absolute atomic E-state index is 0.00444. The maximum atomic E-state index is 12.5. The highest BCUT2D eigenvalue weighted by atomic mass is 16.5. The third-order valence-electron chi connectivity index (χ3n) is 5.27. The van der Waals surface area contributed by atoms with Gasteiger partial charge < -0.3 is 4.74 Å². The summed E-state index contributed by atoms with van der Waals surface area (Å²) in [5.74, 6) is 0.0242. The van der Waals surface area contributed by atoms with E-state index in [0.717, 1.165) is 30.6 Å². The molecule has 0 spiro atoms. The maximum absolute atomic E-state index is 12.5. The van der Waals surface area contributed by atoms with Crippen molar-refractivity contribution in [2.45, 2.75) is 31.7 Å². The number of nitrogens with zero attached hydrogens (tertiary/aromatic N) is 4. The molecule has 0 unspecified atom stereocenters. The van der Waals surface area contributed by atoms with Crippen molar-refractivity contribution in [1.82, 2.24) is 19.6 Å². The summed E-state index contributed by atoms with van der Waals surface area (Å²) in [5.41, 5.74) is 2.32. The predicted molar refractivity (Wildman–Crippen MR) is 104 cm³/mol. The van der Waals surface area contributed by atoms with Crippen LogP contribution in [0.3, 0.4) is 0 Å². The van der Waals surface area contributed by atoms with E-state index in [2.05, 4.69) is 10.2 Å². The lowest BCUT2D eigenvalue weighted by atomic mass is 10.0. The number of carbonyl (C=O) groups excluding carboxylic acids is 1. The molecule has 2 aromatic heterocycles. The lowest BCUT2D eigenvalue weighted by molar-refractivity contribution is -0.141. The molecule has 28 heavy (non-hydrogen) atoms. The van der Waals surface area contributed by atoms with Gasteiger partial charge in [-0.2, -0.15) is 10.2 Å². The van der Waals surface area contributed by atoms with Crippen molar-refractivity contribution < 1.29 is 9.53 Å². The molecule has 3 aromatic rings. The van der Waals surface area contributed by atoms with Crippen LogP contribution in [0.25, 0.3) is 17.1 Å². The summed E-state index contributed by atoms with van der Waals surface area (Å²) in [6, 6.07) is 15.0. The van der Waals surface area contributed by atoms with Crippen LogP contribution in [0.4, 0.5) is 0 Å². The minimum atomic E-state index is -0.202. The number of ether oxygens (including phenoxy) is 1. The van der Waals surface area contributed by atoms with Gasteiger partial charge in [-0.3, -0.25) is 9.59 Å². The molecule has 7 nitrogen and oxygen atoms in total. The van der Waals surface area contributed by atoms with Gasteiger partial charge in [0.25, 0.3) is 5.56 Å². The van der Waals surface area contributed by atoms with Crippen molar-refractivity contribution in [3.63, 3.8) is 0 Å². The van der Waals surface area contributed by atoms with E-state index in [-0.39, 0.29) is 23.5 Å². The highest BCUT2D eigenvalue weighted by Gasteiger charge is 2.29. The molecule has 144 valence electrons. The third-order valence-corrected chi connectivity index (χ3v) is 5.27. The van der Waals surface area contributed by atoms with Gasteiger partial charge in [0.1, 0.15) is 5.69 Å². The Morgan fingerprint density at radius 1 is 1.14 bits per heavy atom. The Balaban J connectivity index is 1.62. The fourth-order valence-electron chi connectivity index (χ4n) is 3.87. The number of esters is 1. The smallest absolute Gasteiger partial charge is 0.305 e. The van der Waals surface area contributed by atoms with Crippen LogP contribution in [-0.2, 0) is 9.53 Å². The Kier molecular flexibility index (Phi) is 5.06. The number of methoxy groups -OCH3 is 1. The lowest BCUT2D eigenvalue weighted by Crippen LogP contribution is -2.26. The summed E-state index contributed by atoms with van der Waals surface area (Å²) < 4.78 is 8.14. The molecule has 0 radical (unpaired) electrons. The number of hydrogen-bond donors (Lipinski definition) is 0. The second kappa shape index (κ2) is 7.80. The highest BCUT2D eigenvalue weighted by molar-refractivity contribution is 5.69. The molecule has 1 aliphatic rings. The molecular formula is C21H22N4O3. The van der Waals surface area contributed by atoms with Crippen LogP contribution in [0.5, 0.6) is 0 Å². The number of para-hydroxylation sites is 1. The first kappa shape index (κ1) is 18.2. The molecular weight excluding hydrogens is 356 g/mol. The first-order chi connectivity index (χ1) is 13.7. The van der Waals surface area contributed by atoms with Crippen LogP contribution >= 0.6 is 0 Å². The van der Waals surface area contributed by atoms with Gasteiger partial charge in [0.2, 0.25) is 0 Å². The normalized spacial score (nSPS) is 18.9. The average Bonchev–Trinajstić information content (AvgIpc) is 3.39. The monoisotopic (exact) mass is 378 g/mol. The first-order valence-electron chi connectivity index (χ1n) is 9.42. The minimum Gasteiger partial charge on any atom is -0.469 e. The molecule has 0 bridgehead atoms. The van der Waals surface area contributed by atoms with Gasteiger partial charge in [0, 0.05) is 12.5 Å². The molecule has 4 rings (SSSR count). The zero-order chi connectivity index (χ0) is 19.5. The largest absolute Gasteiger partial charge is 0.469 e. The molecule has 1 saturated carbocycles. The van der Waals surface area contributed by atoms with E-state index in [4.69, 9.17) is 4.74 Å². The van der Waals surface area contributed by atoms with Crippen LogP contribution in [-0.4, -0.2) is 32.6 Å². The Bertz CT molecular complexity index is 1030. The summed E-state index contributed by atoms with van der Waals surface area (Å²) in [5, 5.41) is 9.05. The Hall–Kier alpha value is -3.22. The van der Waals surface area contributed by atoms with Gasteiger partial charge in [0.05, 0.1) is 30.7 Å². The Morgan fingerprint density at radius 3 is 2.75 bits per heavy atom. The average molecular weight is 378 g/mol. The van der Waals surface area contributed by atoms with Crippen LogP contribution in [0.15, 0.2) is 59.5 Å². The van der Waals surface area contributed by atoms with Crippen LogP contribution in [0.1, 0.15) is 31.7 Å². The second-order valence-electron chi connectivity index (χ2n) is 7.08. The number of aromatic nitrogens is 4. The van der Waals surface area contributed by atoms with E-state index >= 15 is 0 Å². The molecule has 0 saturated heterocycles. The van der Waals surface area contributed by atoms with Crippen LogP contribution < -0.4 is 5.56 Å². The summed E-state index contributed by atoms with van der Waals surface area (Å²) in [7, 11) is 1.40. The van der Waals surface area contributed by atoms with E-state index in [1.807, 2.05) is 41.1 Å². The van der Waals surface area contributed by atoms with Gasteiger partial charge in [0.15, 0.2) is 0 Å². The summed E-state index contributed by atoms with van der Waals surface area (Å²) in [6.07, 6.45) is 4.59. The summed E-state index contributed by atoms with van der Waals surface area (Å²) in [4.78, 5) is 24.0. The molecule has 1 aromatic carbocycles. The number of hydrogen-bond acceptors (Lipinski definition) is 5. The van der Waals surface area contributed by atoms with E-state index in [1.54, 1.807) is 23.0 Å². The van der Waals surface area contributed by atoms with Crippen molar-refractivity contribution in [2.24, 2.45) is 5.92 Å². The van der Waals surface area contributed by atoms with Gasteiger partial charge in [-0.1, -0.05) is 18.2 Å². The molecule has 2 heterocycles. The first-order valence-corrected chi connectivity index (χ1v) is 9.42. The van der Waals surface area contributed by atoms with Crippen LogP contribution in [0.2, 0.25) is 0 Å². The Labute approximate surface area is 162 Å². The zero-order valence-corrected chi connectivity index (χ0v) is 15.7. The van der Waals surface area contributed by atoms with Gasteiger partial charge >= 0.3 is 5.97 Å². The molecule has 0 amide bonds. The highest BCUT2D eigenvalue weighted by Crippen LogP contribution is 2.35. The number of rotatable bonds is 5. The zero-order valence-electron chi connectivity index (χ0n) is 15.7. The van der Waals surface area contributed by atoms with E-state index in [9.17, 15) is 9.59 Å². The lowest BCUT2D eigenvalue weighted by Gasteiger charge is -2.15. The van der Waals surface area contributed by atoms with Crippen molar-refractivity contribution in [3.05, 3.63) is 65.1 Å². The second-order valence-corrected chi connectivity index (χ2v) is 7.08. The Morgan fingerprint density at radius 2 is 1.96 bits per heavy atom. The van der Waals surface area contributed by atoms with Crippen LogP contribution in [0, 0.1) is 5.92 Å². The topological polar surface area (TPSA) is 79.0 Å². The van der Waals surface area contributed by atoms with Gasteiger partial charge in [-0.15, -0.1) is 0 Å². The fraction of sp³-hybridized carbons (Fsp3) is 0.333. The van der Waals surface area contributed by atoms with Gasteiger partial charge in [-0.05, 0) is 49.4 Å². The molecule has 1 aliphatic carbocycles. The number of carbonyl (C=O) groups is 1. The quantitative estimate of drug-likeness (QED) is 0.638. The SMILES string of the molecule is COC(=O)C[C@@H]1CC[C@@H](n2nc(-c3ccnn3-c3ccccc3)ccc2=O)C1. The van der Waals surface area contributed by atoms with E-state index in [1.165, 1.54) is 7.11 Å². The maximum Gasteiger partial charge on any atom is 0.305 e. The number of benzene rings is 1. The fourth-order valence-corrected chi connectivity index (χ4v) is 3.87. The van der Waals surface area contributed by atoms with Crippen molar-refractivity contribution in [1.29, 1.82) is 0 Å². The third kappa shape index (κ3) is 3.60. The summed E-state index contributed by atoms with van der Waals surface area (Å²) >= 11 is 0. The van der Waals surface area contributed by atoms with Crippen molar-refractivity contribution in [3.8, 4) is 17.1 Å². The molecule has 1 fully saturated rings. The predicted octanol–water partition coefficient (Wildman–Crippen LogP) is 3.00. The molecule has 0 N–H and O–H groups in total. The molecule has 2 atom stereocenters. The van der Waals surface area contributed by atoms with Crippen molar-refractivity contribution in [2.75, 3.05) is 7.11 Å². The van der Waals surface area contributed by atoms with E-state index in [0.29, 0.717) is 12.1 Å². The molecule has 0 aliphatic heterocycles. The standard InChI is InChI=1S/C21H22N4O3/c1-28-21(27)14-15-7-8-17(13-15)25-20(26)10-9-18(23-25)19-11-12-22-24(19)16-5-3-2-4-6-16/h2-6,9-12,15,17H,7-8,13-14H2,1H3/t15-,17-/m1/s1.